The first kappa shape index (κ1) is 18.3. The van der Waals surface area contributed by atoms with Crippen LogP contribution < -0.4 is 10.2 Å². The van der Waals surface area contributed by atoms with Gasteiger partial charge in [0.05, 0.1) is 5.75 Å². The van der Waals surface area contributed by atoms with Gasteiger partial charge in [0.15, 0.2) is 0 Å². The van der Waals surface area contributed by atoms with Crippen LogP contribution in [0.15, 0.2) is 78.9 Å². The molecule has 1 heterocycles. The van der Waals surface area contributed by atoms with Crippen molar-refractivity contribution in [3.05, 3.63) is 95.8 Å². The number of benzene rings is 3. The van der Waals surface area contributed by atoms with E-state index in [0.29, 0.717) is 22.7 Å². The topological polar surface area (TPSA) is 49.4 Å². The van der Waals surface area contributed by atoms with Gasteiger partial charge in [-0.2, -0.15) is 0 Å². The second-order valence-corrected chi connectivity index (χ2v) is 7.41. The molecule has 28 heavy (non-hydrogen) atoms. The number of halogens is 1. The number of anilines is 2. The van der Waals surface area contributed by atoms with Crippen molar-refractivity contribution in [2.45, 2.75) is 5.37 Å². The average molecular weight is 392 g/mol. The van der Waals surface area contributed by atoms with E-state index in [2.05, 4.69) is 5.32 Å². The van der Waals surface area contributed by atoms with Gasteiger partial charge in [0.25, 0.3) is 5.91 Å². The van der Waals surface area contributed by atoms with Crippen molar-refractivity contribution in [3.8, 4) is 0 Å². The van der Waals surface area contributed by atoms with E-state index in [-0.39, 0.29) is 23.0 Å². The molecule has 4 rings (SSSR count). The molecule has 1 aliphatic rings. The van der Waals surface area contributed by atoms with Crippen LogP contribution in [0.2, 0.25) is 0 Å². The summed E-state index contributed by atoms with van der Waals surface area (Å²) >= 11 is 1.52. The van der Waals surface area contributed by atoms with Gasteiger partial charge in [-0.3, -0.25) is 14.5 Å². The number of hydrogen-bond donors (Lipinski definition) is 1. The van der Waals surface area contributed by atoms with Crippen LogP contribution in [0, 0.1) is 5.82 Å². The number of nitrogens with one attached hydrogen (secondary N) is 1. The Morgan fingerprint density at radius 2 is 1.64 bits per heavy atom. The summed E-state index contributed by atoms with van der Waals surface area (Å²) in [5.74, 6) is -0.151. The molecule has 6 heteroatoms. The van der Waals surface area contributed by atoms with Crippen LogP contribution in [0.3, 0.4) is 0 Å². The molecule has 0 radical (unpaired) electrons. The molecule has 140 valence electrons. The summed E-state index contributed by atoms with van der Waals surface area (Å²) in [6.07, 6.45) is 0. The minimum Gasteiger partial charge on any atom is -0.322 e. The highest BCUT2D eigenvalue weighted by atomic mass is 32.2. The number of nitrogens with zero attached hydrogens (tertiary/aromatic N) is 1. The molecule has 0 aliphatic carbocycles. The SMILES string of the molecule is O=C(Nc1ccc(C2SCC(=O)N2c2ccc(F)cc2)cc1)c1ccccc1. The highest BCUT2D eigenvalue weighted by molar-refractivity contribution is 8.00. The first-order valence-corrected chi connectivity index (χ1v) is 9.82. The maximum Gasteiger partial charge on any atom is 0.255 e. The minimum atomic E-state index is -0.335. The third-order valence-corrected chi connectivity index (χ3v) is 5.67. The van der Waals surface area contributed by atoms with Gasteiger partial charge in [0, 0.05) is 16.9 Å². The van der Waals surface area contributed by atoms with Crippen molar-refractivity contribution in [2.75, 3.05) is 16.0 Å². The lowest BCUT2D eigenvalue weighted by Gasteiger charge is -2.24. The van der Waals surface area contributed by atoms with Crippen LogP contribution in [0.25, 0.3) is 0 Å². The first-order valence-electron chi connectivity index (χ1n) is 8.77. The van der Waals surface area contributed by atoms with E-state index in [1.807, 2.05) is 42.5 Å². The molecular formula is C22H17FN2O2S. The fourth-order valence-electron chi connectivity index (χ4n) is 3.08. The molecule has 1 aliphatic heterocycles. The zero-order valence-electron chi connectivity index (χ0n) is 14.8. The Hall–Kier alpha value is -3.12. The summed E-state index contributed by atoms with van der Waals surface area (Å²) in [4.78, 5) is 26.3. The number of hydrogen-bond acceptors (Lipinski definition) is 3. The van der Waals surface area contributed by atoms with Gasteiger partial charge >= 0.3 is 0 Å². The predicted molar refractivity (Wildman–Crippen MR) is 110 cm³/mol. The smallest absolute Gasteiger partial charge is 0.255 e. The van der Waals surface area contributed by atoms with E-state index in [4.69, 9.17) is 0 Å². The zero-order chi connectivity index (χ0) is 19.5. The van der Waals surface area contributed by atoms with Gasteiger partial charge in [-0.25, -0.2) is 4.39 Å². The molecule has 3 aromatic carbocycles. The van der Waals surface area contributed by atoms with Crippen LogP contribution in [0.1, 0.15) is 21.3 Å². The molecule has 0 aromatic heterocycles. The Morgan fingerprint density at radius 1 is 0.964 bits per heavy atom. The maximum atomic E-state index is 13.2. The maximum absolute atomic E-state index is 13.2. The lowest BCUT2D eigenvalue weighted by atomic mass is 10.1. The van der Waals surface area contributed by atoms with Gasteiger partial charge in [0.2, 0.25) is 5.91 Å². The number of thioether (sulfide) groups is 1. The number of carbonyl (C=O) groups is 2. The molecule has 0 spiro atoms. The van der Waals surface area contributed by atoms with Gasteiger partial charge in [0.1, 0.15) is 11.2 Å². The van der Waals surface area contributed by atoms with Crippen molar-refractivity contribution in [2.24, 2.45) is 0 Å². The Labute approximate surface area is 166 Å². The number of rotatable bonds is 4. The number of carbonyl (C=O) groups excluding carboxylic acids is 2. The lowest BCUT2D eigenvalue weighted by Crippen LogP contribution is -2.27. The molecule has 3 aromatic rings. The van der Waals surface area contributed by atoms with Gasteiger partial charge in [-0.05, 0) is 54.1 Å². The Morgan fingerprint density at radius 3 is 2.32 bits per heavy atom. The molecule has 1 atom stereocenters. The first-order chi connectivity index (χ1) is 13.6. The Bertz CT molecular complexity index is 991. The predicted octanol–water partition coefficient (Wildman–Crippen LogP) is 4.86. The van der Waals surface area contributed by atoms with Crippen molar-refractivity contribution >= 4 is 35.0 Å². The van der Waals surface area contributed by atoms with Gasteiger partial charge in [-0.15, -0.1) is 11.8 Å². The summed E-state index contributed by atoms with van der Waals surface area (Å²) in [6.45, 7) is 0. The van der Waals surface area contributed by atoms with Gasteiger partial charge < -0.3 is 5.32 Å². The van der Waals surface area contributed by atoms with Crippen molar-refractivity contribution < 1.29 is 14.0 Å². The standard InChI is InChI=1S/C22H17FN2O2S/c23-17-8-12-19(13-9-17)25-20(26)14-28-22(25)16-6-10-18(11-7-16)24-21(27)15-4-2-1-3-5-15/h1-13,22H,14H2,(H,24,27). The second-order valence-electron chi connectivity index (χ2n) is 6.35. The highest BCUT2D eigenvalue weighted by Gasteiger charge is 2.34. The van der Waals surface area contributed by atoms with E-state index in [1.54, 1.807) is 29.2 Å². The molecular weight excluding hydrogens is 375 g/mol. The second kappa shape index (κ2) is 7.86. The van der Waals surface area contributed by atoms with Crippen LogP contribution in [0.5, 0.6) is 0 Å². The minimum absolute atomic E-state index is 0.0111. The van der Waals surface area contributed by atoms with Crippen LogP contribution in [0.4, 0.5) is 15.8 Å². The third-order valence-electron chi connectivity index (χ3n) is 4.46. The summed E-state index contributed by atoms with van der Waals surface area (Å²) < 4.78 is 13.2. The molecule has 0 bridgehead atoms. The largest absolute Gasteiger partial charge is 0.322 e. The molecule has 0 saturated carbocycles. The number of amides is 2. The van der Waals surface area contributed by atoms with E-state index in [0.717, 1.165) is 5.56 Å². The fraction of sp³-hybridized carbons (Fsp3) is 0.0909. The normalized spacial score (nSPS) is 16.2. The monoisotopic (exact) mass is 392 g/mol. The quantitative estimate of drug-likeness (QED) is 0.690. The van der Waals surface area contributed by atoms with Crippen molar-refractivity contribution in [3.63, 3.8) is 0 Å². The van der Waals surface area contributed by atoms with E-state index in [1.165, 1.54) is 23.9 Å². The fourth-order valence-corrected chi connectivity index (χ4v) is 4.25. The van der Waals surface area contributed by atoms with Crippen LogP contribution >= 0.6 is 11.8 Å². The summed E-state index contributed by atoms with van der Waals surface area (Å²) in [7, 11) is 0. The summed E-state index contributed by atoms with van der Waals surface area (Å²) in [5.41, 5.74) is 2.88. The molecule has 1 N–H and O–H groups in total. The van der Waals surface area contributed by atoms with Crippen LogP contribution in [-0.2, 0) is 4.79 Å². The van der Waals surface area contributed by atoms with E-state index in [9.17, 15) is 14.0 Å². The van der Waals surface area contributed by atoms with E-state index < -0.39 is 0 Å². The lowest BCUT2D eigenvalue weighted by molar-refractivity contribution is -0.115. The van der Waals surface area contributed by atoms with Crippen LogP contribution in [-0.4, -0.2) is 17.6 Å². The summed E-state index contributed by atoms with van der Waals surface area (Å²) in [5, 5.41) is 2.68. The molecule has 1 unspecified atom stereocenters. The third kappa shape index (κ3) is 3.77. The average Bonchev–Trinajstić information content (AvgIpc) is 3.11. The van der Waals surface area contributed by atoms with Gasteiger partial charge in [-0.1, -0.05) is 30.3 Å². The summed E-state index contributed by atoms with van der Waals surface area (Å²) in [6, 6.07) is 22.4. The molecule has 2 amide bonds. The van der Waals surface area contributed by atoms with E-state index >= 15 is 0 Å². The highest BCUT2D eigenvalue weighted by Crippen LogP contribution is 2.41. The Balaban J connectivity index is 1.52. The molecule has 1 saturated heterocycles. The van der Waals surface area contributed by atoms with Crippen molar-refractivity contribution in [1.29, 1.82) is 0 Å². The van der Waals surface area contributed by atoms with Crippen molar-refractivity contribution in [1.82, 2.24) is 0 Å². The molecule has 1 fully saturated rings. The Kier molecular flexibility index (Phi) is 5.12. The zero-order valence-corrected chi connectivity index (χ0v) is 15.7. The molecule has 4 nitrogen and oxygen atoms in total.